The molecule has 0 spiro atoms. The third kappa shape index (κ3) is 10.4. The Morgan fingerprint density at radius 2 is 1.48 bits per heavy atom. The fraction of sp³-hybridized carbons (Fsp3) is 0.500. The van der Waals surface area contributed by atoms with E-state index in [1.165, 1.54) is 5.57 Å². The maximum absolute atomic E-state index is 12.9. The van der Waals surface area contributed by atoms with Crippen molar-refractivity contribution in [3.63, 3.8) is 0 Å². The number of aliphatic hydroxyl groups excluding tert-OH is 1. The lowest BCUT2D eigenvalue weighted by atomic mass is 9.58. The van der Waals surface area contributed by atoms with E-state index in [0.29, 0.717) is 24.8 Å². The SMILES string of the molecule is CC1=C(C#C/C(C)=C/C=C/C(C)=C/C=C/C=C(C)/C=C/C=C(\C)C(=O)C[C@]2(O)C(C)CC(=O)CC2(C)C)C(C)(C)C[C@H](O)C1. The van der Waals surface area contributed by atoms with Crippen molar-refractivity contribution in [3.8, 4) is 11.8 Å². The first-order valence-corrected chi connectivity index (χ1v) is 15.8. The van der Waals surface area contributed by atoms with Gasteiger partial charge >= 0.3 is 0 Å². The van der Waals surface area contributed by atoms with Crippen LogP contribution in [-0.4, -0.2) is 33.5 Å². The number of ketones is 2. The van der Waals surface area contributed by atoms with Crippen molar-refractivity contribution in [2.45, 2.75) is 113 Å². The van der Waals surface area contributed by atoms with E-state index in [4.69, 9.17) is 0 Å². The molecule has 0 heterocycles. The van der Waals surface area contributed by atoms with Gasteiger partial charge in [0.05, 0.1) is 11.7 Å². The van der Waals surface area contributed by atoms with Crippen LogP contribution in [-0.2, 0) is 9.59 Å². The fourth-order valence-electron chi connectivity index (χ4n) is 6.28. The summed E-state index contributed by atoms with van der Waals surface area (Å²) in [6.45, 7) is 19.8. The minimum Gasteiger partial charge on any atom is -0.393 e. The number of carbonyl (C=O) groups excluding carboxylic acids is 2. The zero-order valence-electron chi connectivity index (χ0n) is 28.7. The van der Waals surface area contributed by atoms with Crippen molar-refractivity contribution in [2.24, 2.45) is 16.7 Å². The third-order valence-electron chi connectivity index (χ3n) is 9.05. The molecule has 2 rings (SSSR count). The van der Waals surface area contributed by atoms with E-state index in [0.717, 1.165) is 28.7 Å². The van der Waals surface area contributed by atoms with Crippen LogP contribution in [0.3, 0.4) is 0 Å². The molecular weight excluding hydrogens is 544 g/mol. The molecule has 238 valence electrons. The van der Waals surface area contributed by atoms with Gasteiger partial charge < -0.3 is 10.2 Å². The maximum Gasteiger partial charge on any atom is 0.161 e. The first-order valence-electron chi connectivity index (χ1n) is 15.8. The van der Waals surface area contributed by atoms with Gasteiger partial charge in [-0.15, -0.1) is 0 Å². The molecule has 0 aliphatic heterocycles. The number of allylic oxidation sites excluding steroid dienone is 15. The van der Waals surface area contributed by atoms with Gasteiger partial charge in [-0.25, -0.2) is 0 Å². The van der Waals surface area contributed by atoms with Crippen LogP contribution in [0.2, 0.25) is 0 Å². The molecule has 1 fully saturated rings. The summed E-state index contributed by atoms with van der Waals surface area (Å²) in [4.78, 5) is 25.0. The van der Waals surface area contributed by atoms with Crippen LogP contribution < -0.4 is 0 Å². The summed E-state index contributed by atoms with van der Waals surface area (Å²) in [5.74, 6) is 6.43. The summed E-state index contributed by atoms with van der Waals surface area (Å²) >= 11 is 0. The highest BCUT2D eigenvalue weighted by Gasteiger charge is 2.53. The van der Waals surface area contributed by atoms with Crippen LogP contribution >= 0.6 is 0 Å². The standard InChI is InChI=1S/C40H54O4/c1-28(17-13-18-30(3)21-22-36-32(5)23-34(41)25-38(36,7)8)15-11-12-16-29(2)19-14-20-31(4)37(43)27-40(44)33(6)24-35(42)26-39(40,9)10/h11-20,33-34,41,44H,23-27H2,1-10H3/b12-11+,17-13+,19-14+,28-15+,29-16+,30-18+,31-20+/t33?,34-,40+/m1/s1. The Kier molecular flexibility index (Phi) is 13.1. The molecule has 0 amide bonds. The van der Waals surface area contributed by atoms with Gasteiger partial charge in [0.1, 0.15) is 5.78 Å². The number of aliphatic hydroxyl groups is 2. The second-order valence-corrected chi connectivity index (χ2v) is 14.2. The first kappa shape index (κ1) is 36.9. The third-order valence-corrected chi connectivity index (χ3v) is 9.05. The van der Waals surface area contributed by atoms with Gasteiger partial charge in [0, 0.05) is 35.7 Å². The van der Waals surface area contributed by atoms with E-state index in [1.807, 2.05) is 96.2 Å². The Labute approximate surface area is 266 Å². The Morgan fingerprint density at radius 3 is 2.02 bits per heavy atom. The van der Waals surface area contributed by atoms with Gasteiger partial charge in [-0.3, -0.25) is 9.59 Å². The highest BCUT2D eigenvalue weighted by molar-refractivity contribution is 5.96. The number of hydrogen-bond donors (Lipinski definition) is 2. The first-order chi connectivity index (χ1) is 20.4. The maximum atomic E-state index is 12.9. The smallest absolute Gasteiger partial charge is 0.161 e. The van der Waals surface area contributed by atoms with Crippen molar-refractivity contribution in [2.75, 3.05) is 0 Å². The quantitative estimate of drug-likeness (QED) is 0.158. The van der Waals surface area contributed by atoms with Crippen LogP contribution in [0.1, 0.15) is 101 Å². The van der Waals surface area contributed by atoms with Gasteiger partial charge in [0.25, 0.3) is 0 Å². The van der Waals surface area contributed by atoms with Crippen molar-refractivity contribution in [1.82, 2.24) is 0 Å². The molecule has 2 aliphatic carbocycles. The van der Waals surface area contributed by atoms with E-state index in [9.17, 15) is 19.8 Å². The molecule has 0 aromatic carbocycles. The fourth-order valence-corrected chi connectivity index (χ4v) is 6.28. The number of Topliss-reactive ketones (excluding diaryl/α,β-unsaturated/α-hetero) is 2. The summed E-state index contributed by atoms with van der Waals surface area (Å²) in [6.07, 6.45) is 21.5. The Morgan fingerprint density at radius 1 is 0.909 bits per heavy atom. The van der Waals surface area contributed by atoms with E-state index in [2.05, 4.69) is 32.6 Å². The lowest BCUT2D eigenvalue weighted by Gasteiger charge is -2.49. The molecule has 0 radical (unpaired) electrons. The van der Waals surface area contributed by atoms with Crippen molar-refractivity contribution in [1.29, 1.82) is 0 Å². The van der Waals surface area contributed by atoms with E-state index in [-0.39, 0.29) is 35.4 Å². The number of carbonyl (C=O) groups is 2. The number of hydrogen-bond acceptors (Lipinski definition) is 4. The predicted molar refractivity (Wildman–Crippen MR) is 184 cm³/mol. The van der Waals surface area contributed by atoms with Gasteiger partial charge in [-0.1, -0.05) is 124 Å². The Hall–Kier alpha value is -3.26. The van der Waals surface area contributed by atoms with Crippen molar-refractivity contribution in [3.05, 3.63) is 94.2 Å². The lowest BCUT2D eigenvalue weighted by molar-refractivity contribution is -0.162. The zero-order chi connectivity index (χ0) is 33.3. The summed E-state index contributed by atoms with van der Waals surface area (Å²) in [5.41, 5.74) is 4.11. The second-order valence-electron chi connectivity index (χ2n) is 14.2. The highest BCUT2D eigenvalue weighted by Crippen LogP contribution is 2.48. The Balaban J connectivity index is 1.93. The van der Waals surface area contributed by atoms with Gasteiger partial charge in [0.15, 0.2) is 5.78 Å². The summed E-state index contributed by atoms with van der Waals surface area (Å²) < 4.78 is 0. The van der Waals surface area contributed by atoms with Crippen LogP contribution in [0.5, 0.6) is 0 Å². The predicted octanol–water partition coefficient (Wildman–Crippen LogP) is 8.66. The molecule has 4 heteroatoms. The molecule has 0 aromatic heterocycles. The van der Waals surface area contributed by atoms with E-state index in [1.54, 1.807) is 13.0 Å². The number of rotatable bonds is 9. The van der Waals surface area contributed by atoms with E-state index < -0.39 is 11.0 Å². The molecule has 0 bridgehead atoms. The molecule has 44 heavy (non-hydrogen) atoms. The minimum absolute atomic E-state index is 0.0210. The van der Waals surface area contributed by atoms with Crippen molar-refractivity contribution >= 4 is 11.6 Å². The second kappa shape index (κ2) is 15.6. The zero-order valence-corrected chi connectivity index (χ0v) is 28.7. The molecule has 2 N–H and O–H groups in total. The van der Waals surface area contributed by atoms with Crippen LogP contribution in [0, 0.1) is 28.6 Å². The summed E-state index contributed by atoms with van der Waals surface area (Å²) in [6, 6.07) is 0. The largest absolute Gasteiger partial charge is 0.393 e. The molecule has 0 saturated heterocycles. The molecule has 4 nitrogen and oxygen atoms in total. The summed E-state index contributed by atoms with van der Waals surface area (Å²) in [7, 11) is 0. The van der Waals surface area contributed by atoms with Crippen LogP contribution in [0.4, 0.5) is 0 Å². The highest BCUT2D eigenvalue weighted by atomic mass is 16.3. The molecule has 3 atom stereocenters. The van der Waals surface area contributed by atoms with Crippen LogP contribution in [0.25, 0.3) is 0 Å². The van der Waals surface area contributed by atoms with Crippen molar-refractivity contribution < 1.29 is 19.8 Å². The average molecular weight is 599 g/mol. The molecule has 0 aromatic rings. The molecular formula is C40H54O4. The average Bonchev–Trinajstić information content (AvgIpc) is 2.88. The molecule has 1 saturated carbocycles. The Bertz CT molecular complexity index is 1400. The van der Waals surface area contributed by atoms with Crippen LogP contribution in [0.15, 0.2) is 94.2 Å². The van der Waals surface area contributed by atoms with Gasteiger partial charge in [0.2, 0.25) is 0 Å². The minimum atomic E-state index is -1.20. The van der Waals surface area contributed by atoms with E-state index >= 15 is 0 Å². The monoisotopic (exact) mass is 598 g/mol. The normalized spacial score (nSPS) is 27.0. The molecule has 2 aliphatic rings. The topological polar surface area (TPSA) is 74.6 Å². The summed E-state index contributed by atoms with van der Waals surface area (Å²) in [5, 5.41) is 21.5. The lowest BCUT2D eigenvalue weighted by Crippen LogP contribution is -2.55. The van der Waals surface area contributed by atoms with Gasteiger partial charge in [-0.2, -0.15) is 0 Å². The molecule has 1 unspecified atom stereocenters. The van der Waals surface area contributed by atoms with Gasteiger partial charge in [-0.05, 0) is 64.5 Å².